The molecular formula is C14H27N3O2. The van der Waals surface area contributed by atoms with Crippen LogP contribution >= 0.6 is 0 Å². The van der Waals surface area contributed by atoms with Crippen LogP contribution in [-0.4, -0.2) is 54.4 Å². The highest BCUT2D eigenvalue weighted by Crippen LogP contribution is 2.11. The molecule has 0 aliphatic carbocycles. The van der Waals surface area contributed by atoms with Crippen molar-refractivity contribution in [1.82, 2.24) is 15.5 Å². The summed E-state index contributed by atoms with van der Waals surface area (Å²) in [5, 5.41) is 14.9. The maximum absolute atomic E-state index is 11.6. The van der Waals surface area contributed by atoms with Gasteiger partial charge in [0.2, 0.25) is 0 Å². The lowest BCUT2D eigenvalue weighted by molar-refractivity contribution is 0.181. The minimum Gasteiger partial charge on any atom is -0.393 e. The first kappa shape index (κ1) is 16.0. The van der Waals surface area contributed by atoms with Crippen LogP contribution in [0.2, 0.25) is 0 Å². The number of carbonyl (C=O) groups excluding carboxylic acids is 1. The fourth-order valence-electron chi connectivity index (χ4n) is 2.25. The van der Waals surface area contributed by atoms with Crippen molar-refractivity contribution >= 4 is 6.03 Å². The highest BCUT2D eigenvalue weighted by Gasteiger charge is 2.20. The van der Waals surface area contributed by atoms with Gasteiger partial charge in [-0.1, -0.05) is 12.2 Å². The summed E-state index contributed by atoms with van der Waals surface area (Å²) in [6.07, 6.45) is 2.18. The largest absolute Gasteiger partial charge is 0.393 e. The van der Waals surface area contributed by atoms with E-state index in [2.05, 4.69) is 22.1 Å². The molecule has 2 amide bonds. The normalized spacial score (nSPS) is 18.9. The predicted molar refractivity (Wildman–Crippen MR) is 77.1 cm³/mol. The van der Waals surface area contributed by atoms with Crippen LogP contribution < -0.4 is 10.6 Å². The molecule has 1 heterocycles. The van der Waals surface area contributed by atoms with Crippen LogP contribution in [-0.2, 0) is 0 Å². The average molecular weight is 269 g/mol. The van der Waals surface area contributed by atoms with Gasteiger partial charge in [0.1, 0.15) is 0 Å². The van der Waals surface area contributed by atoms with Gasteiger partial charge in [-0.15, -0.1) is 0 Å². The Morgan fingerprint density at radius 3 is 2.63 bits per heavy atom. The number of nitrogens with one attached hydrogen (secondary N) is 2. The van der Waals surface area contributed by atoms with E-state index in [0.29, 0.717) is 13.0 Å². The third kappa shape index (κ3) is 7.18. The van der Waals surface area contributed by atoms with Gasteiger partial charge in [-0.05, 0) is 33.1 Å². The first-order valence-corrected chi connectivity index (χ1v) is 7.06. The second-order valence-electron chi connectivity index (χ2n) is 5.55. The van der Waals surface area contributed by atoms with Crippen molar-refractivity contribution in [1.29, 1.82) is 0 Å². The number of hydrogen-bond acceptors (Lipinski definition) is 3. The van der Waals surface area contributed by atoms with E-state index >= 15 is 0 Å². The quantitative estimate of drug-likeness (QED) is 0.633. The van der Waals surface area contributed by atoms with E-state index in [0.717, 1.165) is 32.5 Å². The molecule has 0 bridgehead atoms. The van der Waals surface area contributed by atoms with Crippen LogP contribution in [0.1, 0.15) is 33.1 Å². The number of amides is 2. The molecule has 0 spiro atoms. The third-order valence-electron chi connectivity index (χ3n) is 3.26. The van der Waals surface area contributed by atoms with Gasteiger partial charge < -0.3 is 15.7 Å². The minimum absolute atomic E-state index is 0.126. The van der Waals surface area contributed by atoms with E-state index < -0.39 is 0 Å². The Morgan fingerprint density at radius 2 is 2.11 bits per heavy atom. The number of aliphatic hydroxyl groups excluding tert-OH is 1. The van der Waals surface area contributed by atoms with Gasteiger partial charge in [0, 0.05) is 32.2 Å². The van der Waals surface area contributed by atoms with Crippen LogP contribution in [0.15, 0.2) is 12.2 Å². The van der Waals surface area contributed by atoms with E-state index in [4.69, 9.17) is 5.11 Å². The zero-order valence-electron chi connectivity index (χ0n) is 12.1. The Hall–Kier alpha value is -1.07. The van der Waals surface area contributed by atoms with Crippen molar-refractivity contribution in [2.45, 2.75) is 45.3 Å². The minimum atomic E-state index is -0.370. The highest BCUT2D eigenvalue weighted by atomic mass is 16.3. The zero-order valence-corrected chi connectivity index (χ0v) is 12.1. The Morgan fingerprint density at radius 1 is 1.47 bits per heavy atom. The molecular weight excluding hydrogens is 242 g/mol. The van der Waals surface area contributed by atoms with Crippen molar-refractivity contribution in [3.05, 3.63) is 12.2 Å². The van der Waals surface area contributed by atoms with Crippen LogP contribution in [0, 0.1) is 0 Å². The summed E-state index contributed by atoms with van der Waals surface area (Å²) in [6.45, 7) is 11.2. The summed E-state index contributed by atoms with van der Waals surface area (Å²) < 4.78 is 0. The Bertz CT molecular complexity index is 297. The predicted octanol–water partition coefficient (Wildman–Crippen LogP) is 1.10. The molecule has 0 aromatic rings. The number of rotatable bonds is 6. The summed E-state index contributed by atoms with van der Waals surface area (Å²) in [5.74, 6) is 0. The van der Waals surface area contributed by atoms with Crippen molar-refractivity contribution < 1.29 is 9.90 Å². The Balaban J connectivity index is 2.14. The van der Waals surface area contributed by atoms with Crippen LogP contribution in [0.3, 0.4) is 0 Å². The molecule has 1 aliphatic rings. The molecule has 0 radical (unpaired) electrons. The summed E-state index contributed by atoms with van der Waals surface area (Å²) >= 11 is 0. The summed E-state index contributed by atoms with van der Waals surface area (Å²) in [4.78, 5) is 14.0. The first-order chi connectivity index (χ1) is 8.97. The molecule has 1 atom stereocenters. The van der Waals surface area contributed by atoms with Gasteiger partial charge >= 0.3 is 6.03 Å². The third-order valence-corrected chi connectivity index (χ3v) is 3.26. The monoisotopic (exact) mass is 269 g/mol. The number of aliphatic hydroxyl groups is 1. The number of carbonyl (C=O) groups is 1. The number of hydrogen-bond donors (Lipinski definition) is 3. The molecule has 110 valence electrons. The molecule has 5 heteroatoms. The second kappa shape index (κ2) is 8.17. The van der Waals surface area contributed by atoms with Gasteiger partial charge in [0.15, 0.2) is 0 Å². The lowest BCUT2D eigenvalue weighted by Crippen LogP contribution is -2.48. The smallest absolute Gasteiger partial charge is 0.315 e. The molecule has 3 N–H and O–H groups in total. The molecule has 1 aliphatic heterocycles. The van der Waals surface area contributed by atoms with Gasteiger partial charge in [0.25, 0.3) is 0 Å². The maximum atomic E-state index is 11.6. The molecule has 19 heavy (non-hydrogen) atoms. The van der Waals surface area contributed by atoms with E-state index in [1.165, 1.54) is 5.57 Å². The van der Waals surface area contributed by atoms with Crippen molar-refractivity contribution in [3.8, 4) is 0 Å². The molecule has 5 nitrogen and oxygen atoms in total. The van der Waals surface area contributed by atoms with Gasteiger partial charge in [-0.25, -0.2) is 4.79 Å². The zero-order chi connectivity index (χ0) is 14.3. The highest BCUT2D eigenvalue weighted by molar-refractivity contribution is 5.74. The van der Waals surface area contributed by atoms with E-state index in [9.17, 15) is 4.79 Å². The van der Waals surface area contributed by atoms with Gasteiger partial charge in [-0.3, -0.25) is 4.90 Å². The Labute approximate surface area is 116 Å². The van der Waals surface area contributed by atoms with E-state index in [1.807, 2.05) is 6.92 Å². The molecule has 1 saturated heterocycles. The fraction of sp³-hybridized carbons (Fsp3) is 0.786. The van der Waals surface area contributed by atoms with Crippen LogP contribution in [0.4, 0.5) is 4.79 Å². The fourth-order valence-corrected chi connectivity index (χ4v) is 2.25. The lowest BCUT2D eigenvalue weighted by Gasteiger charge is -2.32. The van der Waals surface area contributed by atoms with Crippen LogP contribution in [0.25, 0.3) is 0 Å². The standard InChI is InChI=1S/C14H27N3O2/c1-11(2)10-17-8-5-13(6-9-17)16-14(19)15-7-4-12(3)18/h12-13,18H,1,4-10H2,2-3H3,(H2,15,16,19). The van der Waals surface area contributed by atoms with Crippen molar-refractivity contribution in [2.75, 3.05) is 26.2 Å². The number of likely N-dealkylation sites (tertiary alicyclic amines) is 1. The summed E-state index contributed by atoms with van der Waals surface area (Å²) in [7, 11) is 0. The van der Waals surface area contributed by atoms with Crippen molar-refractivity contribution in [2.24, 2.45) is 0 Å². The number of nitrogens with zero attached hydrogens (tertiary/aromatic N) is 1. The summed E-state index contributed by atoms with van der Waals surface area (Å²) in [6, 6.07) is 0.131. The molecule has 1 fully saturated rings. The first-order valence-electron chi connectivity index (χ1n) is 7.06. The Kier molecular flexibility index (Phi) is 6.87. The SMILES string of the molecule is C=C(C)CN1CCC(NC(=O)NCCC(C)O)CC1. The van der Waals surface area contributed by atoms with Gasteiger partial charge in [-0.2, -0.15) is 0 Å². The second-order valence-corrected chi connectivity index (χ2v) is 5.55. The number of piperidine rings is 1. The van der Waals surface area contributed by atoms with Crippen molar-refractivity contribution in [3.63, 3.8) is 0 Å². The van der Waals surface area contributed by atoms with E-state index in [-0.39, 0.29) is 18.2 Å². The van der Waals surface area contributed by atoms with E-state index in [1.54, 1.807) is 6.92 Å². The molecule has 1 unspecified atom stereocenters. The maximum Gasteiger partial charge on any atom is 0.315 e. The van der Waals surface area contributed by atoms with Crippen LogP contribution in [0.5, 0.6) is 0 Å². The average Bonchev–Trinajstić information content (AvgIpc) is 2.30. The number of urea groups is 1. The summed E-state index contributed by atoms with van der Waals surface area (Å²) in [5.41, 5.74) is 1.18. The molecule has 0 aromatic carbocycles. The topological polar surface area (TPSA) is 64.6 Å². The molecule has 0 aromatic heterocycles. The lowest BCUT2D eigenvalue weighted by atomic mass is 10.0. The molecule has 0 saturated carbocycles. The van der Waals surface area contributed by atoms with Gasteiger partial charge in [0.05, 0.1) is 6.10 Å². The molecule has 1 rings (SSSR count).